The van der Waals surface area contributed by atoms with Crippen molar-refractivity contribution in [2.24, 2.45) is 0 Å². The van der Waals surface area contributed by atoms with Gasteiger partial charge in [0.1, 0.15) is 0 Å². The van der Waals surface area contributed by atoms with E-state index in [0.717, 1.165) is 0 Å². The molecule has 4 nitrogen and oxygen atoms in total. The Labute approximate surface area is 42.4 Å². The average Bonchev–Trinajstić information content (AvgIpc) is 1.31. The fourth-order valence-corrected chi connectivity index (χ4v) is 0. The molecule has 0 atom stereocenters. The van der Waals surface area contributed by atoms with Crippen LogP contribution in [0.1, 0.15) is 0 Å². The van der Waals surface area contributed by atoms with E-state index in [1.54, 1.807) is 0 Å². The van der Waals surface area contributed by atoms with E-state index in [2.05, 4.69) is 0 Å². The van der Waals surface area contributed by atoms with Crippen LogP contribution in [-0.4, -0.2) is 23.1 Å². The number of hydrogen-bond donors (Lipinski definition) is 1. The zero-order valence-electron chi connectivity index (χ0n) is 3.49. The summed E-state index contributed by atoms with van der Waals surface area (Å²) in [6.45, 7) is 0. The molecule has 0 aromatic carbocycles. The Morgan fingerprint density at radius 2 is 1.43 bits per heavy atom. The fraction of sp³-hybridized carbons (Fsp3) is 1.00. The second-order valence-electron chi connectivity index (χ2n) is 0.957. The summed E-state index contributed by atoms with van der Waals surface area (Å²) in [5.41, 5.74) is 0. The fourth-order valence-electron chi connectivity index (χ4n) is 0. The molecular weight excluding hydrogens is 140 g/mol. The number of hydrogen-bond acceptors (Lipinski definition) is 4. The van der Waals surface area contributed by atoms with Gasteiger partial charge in [0.05, 0.1) is 6.26 Å². The molecular formula is CH4O4S2. The Hall–Kier alpha value is -0.100. The van der Waals surface area contributed by atoms with Gasteiger partial charge in [0, 0.05) is 0 Å². The summed E-state index contributed by atoms with van der Waals surface area (Å²) in [6.07, 6.45) is 0.638. The Morgan fingerprint density at radius 1 is 1.29 bits per heavy atom. The van der Waals surface area contributed by atoms with Crippen LogP contribution in [0.3, 0.4) is 0 Å². The van der Waals surface area contributed by atoms with Gasteiger partial charge in [0.2, 0.25) is 18.6 Å². The average molecular weight is 144 g/mol. The molecule has 0 aliphatic rings. The van der Waals surface area contributed by atoms with Crippen molar-refractivity contribution >= 4 is 18.6 Å². The first kappa shape index (κ1) is 6.90. The van der Waals surface area contributed by atoms with Gasteiger partial charge in [-0.3, -0.25) is 0 Å². The largest absolute Gasteiger partial charge is 0.248 e. The predicted molar refractivity (Wildman–Crippen MR) is 25.2 cm³/mol. The SMILES string of the molecule is CS(=O)(=O)[SH](=O)=O. The lowest BCUT2D eigenvalue weighted by molar-refractivity contribution is 0.596. The van der Waals surface area contributed by atoms with Crippen LogP contribution in [0.15, 0.2) is 0 Å². The van der Waals surface area contributed by atoms with Gasteiger partial charge in [-0.25, -0.2) is 16.8 Å². The molecule has 0 aliphatic carbocycles. The minimum atomic E-state index is -3.79. The first-order chi connectivity index (χ1) is 2.94. The summed E-state index contributed by atoms with van der Waals surface area (Å²) in [4.78, 5) is 0. The molecule has 0 bridgehead atoms. The first-order valence-corrected chi connectivity index (χ1v) is 4.96. The van der Waals surface area contributed by atoms with Gasteiger partial charge < -0.3 is 0 Å². The molecule has 0 aliphatic heterocycles. The van der Waals surface area contributed by atoms with Gasteiger partial charge in [-0.1, -0.05) is 0 Å². The summed E-state index contributed by atoms with van der Waals surface area (Å²) >= 11 is 0. The van der Waals surface area contributed by atoms with Crippen molar-refractivity contribution in [3.05, 3.63) is 0 Å². The Balaban J connectivity index is 4.82. The zero-order valence-corrected chi connectivity index (χ0v) is 5.20. The third-order valence-corrected chi connectivity index (χ3v) is 2.44. The Morgan fingerprint density at radius 3 is 1.43 bits per heavy atom. The van der Waals surface area contributed by atoms with Crippen LogP contribution < -0.4 is 0 Å². The standard InChI is InChI=1S/CH4O4S2/c1-7(4,5)6(2)3/h6H,1H3. The van der Waals surface area contributed by atoms with Crippen LogP contribution in [0, 0.1) is 0 Å². The lowest BCUT2D eigenvalue weighted by Gasteiger charge is -1.73. The van der Waals surface area contributed by atoms with Crippen molar-refractivity contribution in [3.8, 4) is 0 Å². The summed E-state index contributed by atoms with van der Waals surface area (Å²) in [5, 5.41) is 0. The highest BCUT2D eigenvalue weighted by atomic mass is 33.1. The highest BCUT2D eigenvalue weighted by Crippen LogP contribution is 1.76. The molecule has 0 rings (SSSR count). The van der Waals surface area contributed by atoms with Gasteiger partial charge in [-0.2, -0.15) is 0 Å². The minimum Gasteiger partial charge on any atom is -0.216 e. The van der Waals surface area contributed by atoms with Crippen molar-refractivity contribution in [2.75, 3.05) is 6.26 Å². The van der Waals surface area contributed by atoms with Crippen molar-refractivity contribution < 1.29 is 16.8 Å². The van der Waals surface area contributed by atoms with Crippen LogP contribution >= 0.6 is 0 Å². The van der Waals surface area contributed by atoms with Gasteiger partial charge in [-0.05, 0) is 0 Å². The maximum absolute atomic E-state index is 9.73. The van der Waals surface area contributed by atoms with Crippen LogP contribution in [0.25, 0.3) is 0 Å². The maximum Gasteiger partial charge on any atom is 0.248 e. The van der Waals surface area contributed by atoms with Crippen LogP contribution in [0.2, 0.25) is 0 Å². The van der Waals surface area contributed by atoms with E-state index in [1.165, 1.54) is 0 Å². The summed E-state index contributed by atoms with van der Waals surface area (Å²) in [7, 11) is -7.06. The predicted octanol–water partition coefficient (Wildman–Crippen LogP) is -1.44. The molecule has 0 aromatic heterocycles. The highest BCUT2D eigenvalue weighted by molar-refractivity contribution is 8.58. The topological polar surface area (TPSA) is 68.3 Å². The molecule has 0 fully saturated rings. The molecule has 0 saturated carbocycles. The summed E-state index contributed by atoms with van der Waals surface area (Å²) in [6, 6.07) is 0. The molecule has 0 heterocycles. The lowest BCUT2D eigenvalue weighted by Crippen LogP contribution is -1.95. The van der Waals surface area contributed by atoms with E-state index in [0.29, 0.717) is 6.26 Å². The van der Waals surface area contributed by atoms with Crippen LogP contribution in [0.5, 0.6) is 0 Å². The van der Waals surface area contributed by atoms with E-state index >= 15 is 0 Å². The van der Waals surface area contributed by atoms with Crippen molar-refractivity contribution in [1.82, 2.24) is 0 Å². The first-order valence-electron chi connectivity index (χ1n) is 1.29. The third-order valence-electron chi connectivity index (χ3n) is 0.271. The molecule has 0 amide bonds. The van der Waals surface area contributed by atoms with Crippen LogP contribution in [0.4, 0.5) is 0 Å². The normalized spacial score (nSPS) is 12.3. The number of thiol groups is 1. The van der Waals surface area contributed by atoms with E-state index in [-0.39, 0.29) is 0 Å². The number of rotatable bonds is 1. The quantitative estimate of drug-likeness (QED) is 0.361. The molecule has 0 unspecified atom stereocenters. The maximum atomic E-state index is 9.73. The van der Waals surface area contributed by atoms with E-state index < -0.39 is 18.6 Å². The second kappa shape index (κ2) is 1.79. The zero-order chi connectivity index (χ0) is 6.08. The minimum absolute atomic E-state index is 0.638. The smallest absolute Gasteiger partial charge is 0.216 e. The molecule has 7 heavy (non-hydrogen) atoms. The van der Waals surface area contributed by atoms with Crippen molar-refractivity contribution in [1.29, 1.82) is 0 Å². The van der Waals surface area contributed by atoms with E-state index in [1.807, 2.05) is 0 Å². The Kier molecular flexibility index (Phi) is 1.76. The van der Waals surface area contributed by atoms with E-state index in [9.17, 15) is 16.8 Å². The van der Waals surface area contributed by atoms with Gasteiger partial charge in [-0.15, -0.1) is 0 Å². The van der Waals surface area contributed by atoms with Crippen LogP contribution in [-0.2, 0) is 18.6 Å². The van der Waals surface area contributed by atoms with Gasteiger partial charge in [0.15, 0.2) is 0 Å². The molecule has 44 valence electrons. The van der Waals surface area contributed by atoms with Crippen molar-refractivity contribution in [3.63, 3.8) is 0 Å². The van der Waals surface area contributed by atoms with Crippen molar-refractivity contribution in [2.45, 2.75) is 0 Å². The molecule has 6 heteroatoms. The molecule has 0 saturated heterocycles. The highest BCUT2D eigenvalue weighted by Gasteiger charge is 1.99. The summed E-state index contributed by atoms with van der Waals surface area (Å²) < 4.78 is 38.4. The lowest BCUT2D eigenvalue weighted by atomic mass is 12.0. The second-order valence-corrected chi connectivity index (χ2v) is 5.75. The monoisotopic (exact) mass is 144 g/mol. The molecule has 0 spiro atoms. The van der Waals surface area contributed by atoms with Gasteiger partial charge in [0.25, 0.3) is 0 Å². The van der Waals surface area contributed by atoms with E-state index in [4.69, 9.17) is 0 Å². The third kappa shape index (κ3) is 2.58. The molecule has 0 radical (unpaired) electrons. The molecule has 0 N–H and O–H groups in total. The van der Waals surface area contributed by atoms with Gasteiger partial charge >= 0.3 is 0 Å². The Bertz CT molecular complexity index is 198. The molecule has 0 aromatic rings. The summed E-state index contributed by atoms with van der Waals surface area (Å²) in [5.74, 6) is 0.